The zero-order valence-corrected chi connectivity index (χ0v) is 12.9. The lowest BCUT2D eigenvalue weighted by atomic mass is 10.2. The molecule has 0 fully saturated rings. The minimum Gasteiger partial charge on any atom is -0.357 e. The smallest absolute Gasteiger partial charge is 0.257 e. The summed E-state index contributed by atoms with van der Waals surface area (Å²) in [6.07, 6.45) is 1.66. The molecule has 5 heteroatoms. The first kappa shape index (κ1) is 15.3. The van der Waals surface area contributed by atoms with E-state index in [0.717, 1.165) is 18.9 Å². The Morgan fingerprint density at radius 1 is 1.19 bits per heavy atom. The van der Waals surface area contributed by atoms with E-state index in [-0.39, 0.29) is 5.91 Å². The summed E-state index contributed by atoms with van der Waals surface area (Å²) in [7, 11) is 0. The topological polar surface area (TPSA) is 45.2 Å². The molecule has 0 aliphatic carbocycles. The van der Waals surface area contributed by atoms with Crippen molar-refractivity contribution >= 4 is 29.0 Å². The molecule has 0 bridgehead atoms. The highest BCUT2D eigenvalue weighted by molar-refractivity contribution is 6.34. The van der Waals surface area contributed by atoms with Crippen LogP contribution in [0.2, 0.25) is 5.02 Å². The number of carbonyl (C=O) groups is 1. The van der Waals surface area contributed by atoms with Gasteiger partial charge in [-0.3, -0.25) is 4.79 Å². The van der Waals surface area contributed by atoms with E-state index in [1.165, 1.54) is 0 Å². The van der Waals surface area contributed by atoms with Gasteiger partial charge in [-0.2, -0.15) is 0 Å². The van der Waals surface area contributed by atoms with Gasteiger partial charge in [0.2, 0.25) is 0 Å². The summed E-state index contributed by atoms with van der Waals surface area (Å²) in [4.78, 5) is 18.6. The Balaban J connectivity index is 2.10. The molecule has 2 aromatic rings. The van der Waals surface area contributed by atoms with Gasteiger partial charge in [0, 0.05) is 13.1 Å². The molecule has 2 rings (SSSR count). The van der Waals surface area contributed by atoms with Crippen LogP contribution < -0.4 is 10.2 Å². The Kier molecular flexibility index (Phi) is 5.17. The minimum absolute atomic E-state index is 0.238. The lowest BCUT2D eigenvalue weighted by Crippen LogP contribution is -2.22. The number of benzene rings is 1. The van der Waals surface area contributed by atoms with Gasteiger partial charge in [-0.15, -0.1) is 0 Å². The van der Waals surface area contributed by atoms with Crippen molar-refractivity contribution in [2.24, 2.45) is 0 Å². The molecular formula is C16H18ClN3O. The Morgan fingerprint density at radius 3 is 2.48 bits per heavy atom. The maximum atomic E-state index is 12.1. The Bertz CT molecular complexity index is 609. The lowest BCUT2D eigenvalue weighted by molar-refractivity contribution is 0.102. The molecule has 0 unspecified atom stereocenters. The summed E-state index contributed by atoms with van der Waals surface area (Å²) >= 11 is 6.01. The monoisotopic (exact) mass is 303 g/mol. The predicted molar refractivity (Wildman–Crippen MR) is 87.2 cm³/mol. The Labute approximate surface area is 129 Å². The summed E-state index contributed by atoms with van der Waals surface area (Å²) < 4.78 is 0. The standard InChI is InChI=1S/C16H18ClN3O/c1-3-20(4-2)15-10-9-12(11-18-15)19-16(21)13-7-5-6-8-14(13)17/h5-11H,3-4H2,1-2H3,(H,19,21). The fraction of sp³-hybridized carbons (Fsp3) is 0.250. The van der Waals surface area contributed by atoms with Crippen LogP contribution in [0, 0.1) is 0 Å². The van der Waals surface area contributed by atoms with E-state index in [2.05, 4.69) is 29.0 Å². The van der Waals surface area contributed by atoms with Crippen molar-refractivity contribution in [3.63, 3.8) is 0 Å². The summed E-state index contributed by atoms with van der Waals surface area (Å²) in [5, 5.41) is 3.23. The first-order chi connectivity index (χ1) is 10.2. The van der Waals surface area contributed by atoms with Crippen molar-refractivity contribution in [2.45, 2.75) is 13.8 Å². The highest BCUT2D eigenvalue weighted by Gasteiger charge is 2.10. The number of anilines is 2. The minimum atomic E-state index is -0.238. The summed E-state index contributed by atoms with van der Waals surface area (Å²) in [6.45, 7) is 5.96. The van der Waals surface area contributed by atoms with E-state index in [0.29, 0.717) is 16.3 Å². The second-order valence-corrected chi connectivity index (χ2v) is 4.92. The van der Waals surface area contributed by atoms with Gasteiger partial charge in [0.15, 0.2) is 0 Å². The van der Waals surface area contributed by atoms with Gasteiger partial charge in [-0.05, 0) is 38.1 Å². The zero-order valence-electron chi connectivity index (χ0n) is 12.1. The normalized spacial score (nSPS) is 10.2. The summed E-state index contributed by atoms with van der Waals surface area (Å²) in [6, 6.07) is 10.7. The van der Waals surface area contributed by atoms with Crippen molar-refractivity contribution in [3.8, 4) is 0 Å². The van der Waals surface area contributed by atoms with Crippen LogP contribution in [0.1, 0.15) is 24.2 Å². The van der Waals surface area contributed by atoms with Crippen LogP contribution in [-0.4, -0.2) is 24.0 Å². The average Bonchev–Trinajstić information content (AvgIpc) is 2.50. The van der Waals surface area contributed by atoms with Crippen LogP contribution in [0.25, 0.3) is 0 Å². The molecule has 0 saturated carbocycles. The van der Waals surface area contributed by atoms with Gasteiger partial charge in [0.1, 0.15) is 5.82 Å². The third kappa shape index (κ3) is 3.73. The largest absolute Gasteiger partial charge is 0.357 e. The first-order valence-corrected chi connectivity index (χ1v) is 7.30. The second kappa shape index (κ2) is 7.09. The molecule has 1 heterocycles. The van der Waals surface area contributed by atoms with Crippen LogP contribution in [0.5, 0.6) is 0 Å². The number of rotatable bonds is 5. The van der Waals surface area contributed by atoms with Crippen LogP contribution in [0.15, 0.2) is 42.6 Å². The predicted octanol–water partition coefficient (Wildman–Crippen LogP) is 3.83. The summed E-state index contributed by atoms with van der Waals surface area (Å²) in [5.41, 5.74) is 1.10. The number of amides is 1. The van der Waals surface area contributed by atoms with Crippen molar-refractivity contribution in [3.05, 3.63) is 53.2 Å². The van der Waals surface area contributed by atoms with Crippen molar-refractivity contribution in [1.29, 1.82) is 0 Å². The second-order valence-electron chi connectivity index (χ2n) is 4.51. The number of nitrogens with zero attached hydrogens (tertiary/aromatic N) is 2. The van der Waals surface area contributed by atoms with Crippen LogP contribution in [0.3, 0.4) is 0 Å². The van der Waals surface area contributed by atoms with Crippen LogP contribution in [0.4, 0.5) is 11.5 Å². The van der Waals surface area contributed by atoms with Crippen molar-refractivity contribution in [1.82, 2.24) is 4.98 Å². The van der Waals surface area contributed by atoms with E-state index in [1.54, 1.807) is 30.5 Å². The van der Waals surface area contributed by atoms with E-state index >= 15 is 0 Å². The number of hydrogen-bond acceptors (Lipinski definition) is 3. The molecule has 4 nitrogen and oxygen atoms in total. The van der Waals surface area contributed by atoms with Gasteiger partial charge in [-0.25, -0.2) is 4.98 Å². The number of carbonyl (C=O) groups excluding carboxylic acids is 1. The molecule has 0 spiro atoms. The maximum Gasteiger partial charge on any atom is 0.257 e. The molecule has 1 aromatic heterocycles. The van der Waals surface area contributed by atoms with Gasteiger partial charge in [0.05, 0.1) is 22.5 Å². The Morgan fingerprint density at radius 2 is 1.90 bits per heavy atom. The van der Waals surface area contributed by atoms with E-state index in [4.69, 9.17) is 11.6 Å². The number of aromatic nitrogens is 1. The SMILES string of the molecule is CCN(CC)c1ccc(NC(=O)c2ccccc2Cl)cn1. The number of hydrogen-bond donors (Lipinski definition) is 1. The quantitative estimate of drug-likeness (QED) is 0.913. The third-order valence-electron chi connectivity index (χ3n) is 3.21. The summed E-state index contributed by atoms with van der Waals surface area (Å²) in [5.74, 6) is 0.661. The van der Waals surface area contributed by atoms with Gasteiger partial charge >= 0.3 is 0 Å². The van der Waals surface area contributed by atoms with E-state index in [1.807, 2.05) is 12.1 Å². The van der Waals surface area contributed by atoms with Crippen LogP contribution in [-0.2, 0) is 0 Å². The van der Waals surface area contributed by atoms with E-state index in [9.17, 15) is 4.79 Å². The molecule has 1 amide bonds. The highest BCUT2D eigenvalue weighted by atomic mass is 35.5. The number of halogens is 1. The average molecular weight is 304 g/mol. The lowest BCUT2D eigenvalue weighted by Gasteiger charge is -2.19. The van der Waals surface area contributed by atoms with Crippen molar-refractivity contribution < 1.29 is 4.79 Å². The molecule has 110 valence electrons. The molecular weight excluding hydrogens is 286 g/mol. The fourth-order valence-corrected chi connectivity index (χ4v) is 2.26. The van der Waals surface area contributed by atoms with Gasteiger partial charge in [-0.1, -0.05) is 23.7 Å². The van der Waals surface area contributed by atoms with E-state index < -0.39 is 0 Å². The molecule has 0 atom stereocenters. The Hall–Kier alpha value is -2.07. The van der Waals surface area contributed by atoms with Crippen molar-refractivity contribution in [2.75, 3.05) is 23.3 Å². The first-order valence-electron chi connectivity index (χ1n) is 6.92. The van der Waals surface area contributed by atoms with Crippen LogP contribution >= 0.6 is 11.6 Å². The van der Waals surface area contributed by atoms with Gasteiger partial charge in [0.25, 0.3) is 5.91 Å². The molecule has 0 saturated heterocycles. The maximum absolute atomic E-state index is 12.1. The number of pyridine rings is 1. The highest BCUT2D eigenvalue weighted by Crippen LogP contribution is 2.18. The molecule has 1 N–H and O–H groups in total. The number of nitrogens with one attached hydrogen (secondary N) is 1. The molecule has 0 radical (unpaired) electrons. The molecule has 21 heavy (non-hydrogen) atoms. The van der Waals surface area contributed by atoms with Gasteiger partial charge < -0.3 is 10.2 Å². The third-order valence-corrected chi connectivity index (χ3v) is 3.54. The molecule has 0 aliphatic heterocycles. The zero-order chi connectivity index (χ0) is 15.2. The molecule has 0 aliphatic rings. The fourth-order valence-electron chi connectivity index (χ4n) is 2.04. The molecule has 1 aromatic carbocycles.